The molecule has 2 heterocycles. The first-order valence-electron chi connectivity index (χ1n) is 7.96. The predicted octanol–water partition coefficient (Wildman–Crippen LogP) is 4.02. The largest absolute Gasteiger partial charge is 0.433 e. The maximum absolute atomic E-state index is 13.8. The van der Waals surface area contributed by atoms with Crippen LogP contribution in [0.25, 0.3) is 0 Å². The third-order valence-electron chi connectivity index (χ3n) is 4.17. The summed E-state index contributed by atoms with van der Waals surface area (Å²) < 4.78 is 93.9. The first kappa shape index (κ1) is 19.6. The minimum atomic E-state index is -4.72. The van der Waals surface area contributed by atoms with Gasteiger partial charge in [0.15, 0.2) is 16.8 Å². The molecule has 1 N–H and O–H groups in total. The number of fused-ring (bicyclic) bond motifs is 1. The number of nitrogens with one attached hydrogen (secondary N) is 1. The summed E-state index contributed by atoms with van der Waals surface area (Å²) in [4.78, 5) is 3.72. The zero-order chi connectivity index (χ0) is 19.9. The van der Waals surface area contributed by atoms with E-state index < -0.39 is 40.2 Å². The zero-order valence-corrected chi connectivity index (χ0v) is 14.7. The molecule has 0 radical (unpaired) electrons. The number of rotatable bonds is 5. The van der Waals surface area contributed by atoms with Crippen molar-refractivity contribution in [2.75, 3.05) is 4.72 Å². The van der Waals surface area contributed by atoms with Gasteiger partial charge in [-0.05, 0) is 31.2 Å². The second-order valence-electron chi connectivity index (χ2n) is 5.85. The molecule has 0 fully saturated rings. The van der Waals surface area contributed by atoms with E-state index in [0.29, 0.717) is 31.0 Å². The van der Waals surface area contributed by atoms with E-state index in [1.54, 1.807) is 0 Å². The van der Waals surface area contributed by atoms with Gasteiger partial charge >= 0.3 is 12.7 Å². The standard InChI is InChI=1S/C15H14F6N4OS/c1-2-7-11(8-4-3-5-10(8)22-12(7)15(19,20)21)24-27(26)13-9(16)6-25(23-13)14(17)18/h6,14H,2-5H2,1H3,(H,22,24). The molecule has 2 aromatic heterocycles. The van der Waals surface area contributed by atoms with Crippen LogP contribution >= 0.6 is 0 Å². The van der Waals surface area contributed by atoms with Gasteiger partial charge in [-0.15, -0.1) is 0 Å². The third-order valence-corrected chi connectivity index (χ3v) is 5.19. The molecule has 0 aliphatic heterocycles. The van der Waals surface area contributed by atoms with Crippen molar-refractivity contribution in [3.63, 3.8) is 0 Å². The molecule has 0 aromatic carbocycles. The van der Waals surface area contributed by atoms with Gasteiger partial charge in [0, 0.05) is 11.3 Å². The van der Waals surface area contributed by atoms with E-state index in [2.05, 4.69) is 14.8 Å². The van der Waals surface area contributed by atoms with Crippen molar-refractivity contribution in [2.45, 2.75) is 50.4 Å². The fourth-order valence-electron chi connectivity index (χ4n) is 3.04. The molecule has 27 heavy (non-hydrogen) atoms. The normalized spacial score (nSPS) is 15.3. The van der Waals surface area contributed by atoms with Gasteiger partial charge in [0.1, 0.15) is 5.69 Å². The average Bonchev–Trinajstić information content (AvgIpc) is 3.19. The van der Waals surface area contributed by atoms with Gasteiger partial charge in [-0.1, -0.05) is 6.92 Å². The molecule has 12 heteroatoms. The van der Waals surface area contributed by atoms with Crippen LogP contribution in [0.4, 0.5) is 32.0 Å². The van der Waals surface area contributed by atoms with Crippen molar-refractivity contribution in [3.8, 4) is 0 Å². The number of anilines is 1. The van der Waals surface area contributed by atoms with Crippen molar-refractivity contribution in [2.24, 2.45) is 0 Å². The summed E-state index contributed by atoms with van der Waals surface area (Å²) in [6.07, 6.45) is -3.09. The molecular weight excluding hydrogens is 398 g/mol. The average molecular weight is 412 g/mol. The lowest BCUT2D eigenvalue weighted by molar-refractivity contribution is -0.141. The van der Waals surface area contributed by atoms with Gasteiger partial charge in [-0.3, -0.25) is 4.72 Å². The monoisotopic (exact) mass is 412 g/mol. The number of nitrogens with zero attached hydrogens (tertiary/aromatic N) is 3. The van der Waals surface area contributed by atoms with E-state index in [9.17, 15) is 30.6 Å². The smallest absolute Gasteiger partial charge is 0.299 e. The zero-order valence-electron chi connectivity index (χ0n) is 13.9. The number of alkyl halides is 5. The van der Waals surface area contributed by atoms with Crippen LogP contribution in [0.15, 0.2) is 11.2 Å². The second-order valence-corrected chi connectivity index (χ2v) is 6.98. The lowest BCUT2D eigenvalue weighted by Gasteiger charge is -2.19. The van der Waals surface area contributed by atoms with Crippen molar-refractivity contribution >= 4 is 16.7 Å². The van der Waals surface area contributed by atoms with Gasteiger partial charge < -0.3 is 0 Å². The summed E-state index contributed by atoms with van der Waals surface area (Å²) in [5, 5.41) is 2.41. The maximum atomic E-state index is 13.8. The number of aromatic nitrogens is 3. The molecule has 3 rings (SSSR count). The molecule has 0 saturated heterocycles. The van der Waals surface area contributed by atoms with Crippen LogP contribution < -0.4 is 4.72 Å². The summed E-state index contributed by atoms with van der Waals surface area (Å²) in [5.74, 6) is -1.25. The number of halogens is 6. The predicted molar refractivity (Wildman–Crippen MR) is 84.1 cm³/mol. The van der Waals surface area contributed by atoms with Gasteiger partial charge in [-0.25, -0.2) is 18.3 Å². The number of pyridine rings is 1. The highest BCUT2D eigenvalue weighted by Gasteiger charge is 2.38. The number of aryl methyl sites for hydroxylation is 1. The summed E-state index contributed by atoms with van der Waals surface area (Å²) in [6, 6.07) is 0. The van der Waals surface area contributed by atoms with Gasteiger partial charge in [-0.2, -0.15) is 27.1 Å². The Balaban J connectivity index is 2.06. The van der Waals surface area contributed by atoms with Crippen molar-refractivity contribution in [3.05, 3.63) is 34.5 Å². The van der Waals surface area contributed by atoms with Crippen LogP contribution in [0, 0.1) is 5.82 Å². The van der Waals surface area contributed by atoms with Gasteiger partial charge in [0.25, 0.3) is 0 Å². The molecule has 148 valence electrons. The first-order chi connectivity index (χ1) is 12.6. The summed E-state index contributed by atoms with van der Waals surface area (Å²) in [7, 11) is -2.47. The Morgan fingerprint density at radius 2 is 2.04 bits per heavy atom. The topological polar surface area (TPSA) is 59.8 Å². The third kappa shape index (κ3) is 3.66. The van der Waals surface area contributed by atoms with E-state index in [1.165, 1.54) is 6.92 Å². The molecular formula is C15H14F6N4OS. The fraction of sp³-hybridized carbons (Fsp3) is 0.467. The van der Waals surface area contributed by atoms with E-state index in [0.717, 1.165) is 0 Å². The van der Waals surface area contributed by atoms with Crippen molar-refractivity contribution in [1.29, 1.82) is 0 Å². The Bertz CT molecular complexity index is 895. The molecule has 1 unspecified atom stereocenters. The lowest BCUT2D eigenvalue weighted by atomic mass is 10.0. The van der Waals surface area contributed by atoms with Crippen LogP contribution in [-0.2, 0) is 36.4 Å². The Morgan fingerprint density at radius 1 is 1.33 bits per heavy atom. The van der Waals surface area contributed by atoms with Crippen LogP contribution in [0.5, 0.6) is 0 Å². The molecule has 2 aromatic rings. The highest BCUT2D eigenvalue weighted by atomic mass is 32.2. The highest BCUT2D eigenvalue weighted by molar-refractivity contribution is 7.86. The summed E-state index contributed by atoms with van der Waals surface area (Å²) in [6.45, 7) is -1.66. The second kappa shape index (κ2) is 7.13. The van der Waals surface area contributed by atoms with E-state index in [4.69, 9.17) is 0 Å². The Hall–Kier alpha value is -2.11. The number of hydrogen-bond acceptors (Lipinski definition) is 3. The summed E-state index contributed by atoms with van der Waals surface area (Å²) >= 11 is 0. The molecule has 1 aliphatic carbocycles. The Morgan fingerprint density at radius 3 is 2.59 bits per heavy atom. The first-order valence-corrected chi connectivity index (χ1v) is 9.11. The van der Waals surface area contributed by atoms with E-state index >= 15 is 0 Å². The lowest BCUT2D eigenvalue weighted by Crippen LogP contribution is -2.18. The quantitative estimate of drug-likeness (QED) is 0.755. The highest BCUT2D eigenvalue weighted by Crippen LogP contribution is 2.40. The van der Waals surface area contributed by atoms with Crippen LogP contribution in [-0.4, -0.2) is 19.0 Å². The molecule has 1 atom stereocenters. The maximum Gasteiger partial charge on any atom is 0.433 e. The minimum absolute atomic E-state index is 0.0108. The van der Waals surface area contributed by atoms with Gasteiger partial charge in [0.05, 0.1) is 11.9 Å². The van der Waals surface area contributed by atoms with Gasteiger partial charge in [0.2, 0.25) is 5.03 Å². The molecule has 0 spiro atoms. The van der Waals surface area contributed by atoms with Crippen LogP contribution in [0.1, 0.15) is 42.4 Å². The Kier molecular flexibility index (Phi) is 5.19. The Labute approximate surface area is 152 Å². The molecule has 1 aliphatic rings. The van der Waals surface area contributed by atoms with Crippen molar-refractivity contribution in [1.82, 2.24) is 14.8 Å². The molecule has 0 amide bonds. The SMILES string of the molecule is CCc1c(C(F)(F)F)nc2c(c1NS(=O)c1nn(C(F)F)cc1F)CCC2. The molecule has 0 bridgehead atoms. The van der Waals surface area contributed by atoms with Crippen molar-refractivity contribution < 1.29 is 30.6 Å². The van der Waals surface area contributed by atoms with Crippen LogP contribution in [0.3, 0.4) is 0 Å². The van der Waals surface area contributed by atoms with E-state index in [-0.39, 0.29) is 28.0 Å². The molecule has 0 saturated carbocycles. The number of hydrogen-bond donors (Lipinski definition) is 1. The molecule has 5 nitrogen and oxygen atoms in total. The minimum Gasteiger partial charge on any atom is -0.299 e. The van der Waals surface area contributed by atoms with E-state index in [1.807, 2.05) is 0 Å². The fourth-order valence-corrected chi connectivity index (χ4v) is 3.97. The summed E-state index contributed by atoms with van der Waals surface area (Å²) in [5.41, 5.74) is -0.634. The van der Waals surface area contributed by atoms with Crippen LogP contribution in [0.2, 0.25) is 0 Å².